The molecule has 1 amide bonds. The molecule has 4 aromatic rings. The number of nitrogens with zero attached hydrogens (tertiary/aromatic N) is 2. The first-order chi connectivity index (χ1) is 16.6. The zero-order valence-corrected chi connectivity index (χ0v) is 18.6. The van der Waals surface area contributed by atoms with Crippen LogP contribution in [0.15, 0.2) is 85.5 Å². The number of carbonyl (C=O) groups is 2. The number of hydrogen-bond acceptors (Lipinski definition) is 6. The van der Waals surface area contributed by atoms with E-state index in [0.29, 0.717) is 34.3 Å². The van der Waals surface area contributed by atoms with Crippen molar-refractivity contribution >= 4 is 29.0 Å². The molecule has 0 spiro atoms. The largest absolute Gasteiger partial charge is 0.455 e. The van der Waals surface area contributed by atoms with Crippen molar-refractivity contribution in [1.82, 2.24) is 15.3 Å². The summed E-state index contributed by atoms with van der Waals surface area (Å²) in [6, 6.07) is 16.8. The Morgan fingerprint density at radius 1 is 0.941 bits per heavy atom. The van der Waals surface area contributed by atoms with E-state index >= 15 is 0 Å². The van der Waals surface area contributed by atoms with E-state index in [9.17, 15) is 9.59 Å². The van der Waals surface area contributed by atoms with Gasteiger partial charge >= 0.3 is 0 Å². The monoisotopic (exact) mass is 470 g/mol. The van der Waals surface area contributed by atoms with Gasteiger partial charge < -0.3 is 15.4 Å². The molecule has 0 radical (unpaired) electrons. The van der Waals surface area contributed by atoms with Gasteiger partial charge in [-0.3, -0.25) is 19.6 Å². The number of nitrogens with one attached hydrogen (secondary N) is 2. The van der Waals surface area contributed by atoms with E-state index in [1.165, 1.54) is 12.4 Å². The van der Waals surface area contributed by atoms with Crippen LogP contribution in [0.3, 0.4) is 0 Å². The summed E-state index contributed by atoms with van der Waals surface area (Å²) in [7, 11) is 0. The smallest absolute Gasteiger partial charge is 0.253 e. The molecular weight excluding hydrogens is 452 g/mol. The standard InChI is InChI=1S/C26H19ClN4O3/c27-17-5-6-23-21(13-17)31-24(19-3-1-2-4-22(19)34-23)25(32)18-9-12-29-15-20(18)26(33)30-14-16-7-10-28-11-8-16/h1-13,15,24,31H,14H2,(H,30,33). The molecule has 2 N–H and O–H groups in total. The van der Waals surface area contributed by atoms with Crippen molar-refractivity contribution in [3.63, 3.8) is 0 Å². The van der Waals surface area contributed by atoms with Crippen LogP contribution in [-0.4, -0.2) is 21.7 Å². The van der Waals surface area contributed by atoms with Gasteiger partial charge in [0.05, 0.1) is 11.3 Å². The Kier molecular flexibility index (Phi) is 5.93. The number of hydrogen-bond donors (Lipinski definition) is 2. The molecule has 0 saturated carbocycles. The van der Waals surface area contributed by atoms with Gasteiger partial charge in [-0.15, -0.1) is 0 Å². The SMILES string of the molecule is O=C(NCc1ccncc1)c1cnccc1C(=O)C1Nc2cc(Cl)ccc2Oc2ccccc21. The van der Waals surface area contributed by atoms with Crippen molar-refractivity contribution in [3.05, 3.63) is 113 Å². The molecule has 1 aliphatic rings. The molecule has 168 valence electrons. The molecule has 0 aliphatic carbocycles. The van der Waals surface area contributed by atoms with Gasteiger partial charge in [-0.05, 0) is 48.0 Å². The molecule has 7 nitrogen and oxygen atoms in total. The fraction of sp³-hybridized carbons (Fsp3) is 0.0769. The second-order valence-corrected chi connectivity index (χ2v) is 8.12. The first kappa shape index (κ1) is 21.6. The second kappa shape index (κ2) is 9.33. The van der Waals surface area contributed by atoms with Gasteiger partial charge in [0.1, 0.15) is 11.8 Å². The lowest BCUT2D eigenvalue weighted by Crippen LogP contribution is -2.28. The first-order valence-electron chi connectivity index (χ1n) is 10.6. The Bertz CT molecular complexity index is 1380. The van der Waals surface area contributed by atoms with Gasteiger partial charge in [-0.1, -0.05) is 29.8 Å². The lowest BCUT2D eigenvalue weighted by Gasteiger charge is -2.19. The molecule has 0 bridgehead atoms. The van der Waals surface area contributed by atoms with Gasteiger partial charge in [0.15, 0.2) is 11.5 Å². The van der Waals surface area contributed by atoms with Crippen LogP contribution in [0.25, 0.3) is 0 Å². The van der Waals surface area contributed by atoms with E-state index in [1.807, 2.05) is 30.3 Å². The average molecular weight is 471 g/mol. The van der Waals surface area contributed by atoms with E-state index in [0.717, 1.165) is 5.56 Å². The minimum absolute atomic E-state index is 0.192. The summed E-state index contributed by atoms with van der Waals surface area (Å²) in [6.45, 7) is 0.300. The van der Waals surface area contributed by atoms with Gasteiger partial charge in [-0.25, -0.2) is 0 Å². The topological polar surface area (TPSA) is 93.2 Å². The van der Waals surface area contributed by atoms with Gasteiger partial charge in [0, 0.05) is 47.5 Å². The number of fused-ring (bicyclic) bond motifs is 2. The van der Waals surface area contributed by atoms with Gasteiger partial charge in [0.25, 0.3) is 5.91 Å². The van der Waals surface area contributed by atoms with Crippen molar-refractivity contribution in [3.8, 4) is 11.5 Å². The Labute approximate surface area is 200 Å². The normalized spacial score (nSPS) is 14.0. The Morgan fingerprint density at radius 2 is 1.74 bits per heavy atom. The number of para-hydroxylation sites is 1. The summed E-state index contributed by atoms with van der Waals surface area (Å²) < 4.78 is 6.07. The minimum atomic E-state index is -0.801. The van der Waals surface area contributed by atoms with Crippen LogP contribution >= 0.6 is 11.6 Å². The van der Waals surface area contributed by atoms with Crippen LogP contribution in [0.5, 0.6) is 11.5 Å². The maximum atomic E-state index is 13.8. The van der Waals surface area contributed by atoms with Crippen LogP contribution in [0.1, 0.15) is 37.9 Å². The number of Topliss-reactive ketones (excluding diaryl/α,β-unsaturated/α-hetero) is 1. The number of ether oxygens (including phenoxy) is 1. The molecule has 8 heteroatoms. The molecule has 2 aromatic heterocycles. The first-order valence-corrected chi connectivity index (χ1v) is 11.0. The summed E-state index contributed by atoms with van der Waals surface area (Å²) in [5, 5.41) is 6.61. The molecule has 34 heavy (non-hydrogen) atoms. The van der Waals surface area contributed by atoms with Crippen LogP contribution in [-0.2, 0) is 6.54 Å². The summed E-state index contributed by atoms with van der Waals surface area (Å²) in [6.07, 6.45) is 6.21. The number of carbonyl (C=O) groups excluding carboxylic acids is 2. The van der Waals surface area contributed by atoms with Crippen LogP contribution < -0.4 is 15.4 Å². The highest BCUT2D eigenvalue weighted by atomic mass is 35.5. The van der Waals surface area contributed by atoms with Crippen molar-refractivity contribution in [2.75, 3.05) is 5.32 Å². The zero-order chi connectivity index (χ0) is 23.5. The third kappa shape index (κ3) is 4.33. The highest BCUT2D eigenvalue weighted by molar-refractivity contribution is 6.31. The summed E-state index contributed by atoms with van der Waals surface area (Å²) in [5.74, 6) is 0.416. The third-order valence-corrected chi connectivity index (χ3v) is 5.72. The number of halogens is 1. The fourth-order valence-electron chi connectivity index (χ4n) is 3.80. The van der Waals surface area contributed by atoms with E-state index in [2.05, 4.69) is 20.6 Å². The predicted molar refractivity (Wildman–Crippen MR) is 128 cm³/mol. The number of pyridine rings is 2. The van der Waals surface area contributed by atoms with Gasteiger partial charge in [-0.2, -0.15) is 0 Å². The summed E-state index contributed by atoms with van der Waals surface area (Å²) in [5.41, 5.74) is 2.57. The van der Waals surface area contributed by atoms with Crippen LogP contribution in [0, 0.1) is 0 Å². The number of aromatic nitrogens is 2. The predicted octanol–water partition coefficient (Wildman–Crippen LogP) is 5.20. The minimum Gasteiger partial charge on any atom is -0.455 e. The Hall–Kier alpha value is -4.23. The molecule has 0 saturated heterocycles. The van der Waals surface area contributed by atoms with E-state index in [1.54, 1.807) is 42.7 Å². The second-order valence-electron chi connectivity index (χ2n) is 7.68. The molecular formula is C26H19ClN4O3. The number of ketones is 1. The van der Waals surface area contributed by atoms with Crippen molar-refractivity contribution in [2.45, 2.75) is 12.6 Å². The van der Waals surface area contributed by atoms with Crippen LogP contribution in [0.4, 0.5) is 5.69 Å². The number of anilines is 1. The highest BCUT2D eigenvalue weighted by Gasteiger charge is 2.31. The van der Waals surface area contributed by atoms with E-state index in [-0.39, 0.29) is 16.9 Å². The van der Waals surface area contributed by atoms with E-state index < -0.39 is 11.9 Å². The maximum absolute atomic E-state index is 13.8. The molecule has 1 unspecified atom stereocenters. The molecule has 1 aliphatic heterocycles. The summed E-state index contributed by atoms with van der Waals surface area (Å²) in [4.78, 5) is 34.9. The van der Waals surface area contributed by atoms with Crippen LogP contribution in [0.2, 0.25) is 5.02 Å². The molecule has 3 heterocycles. The number of benzene rings is 2. The zero-order valence-electron chi connectivity index (χ0n) is 17.9. The lowest BCUT2D eigenvalue weighted by atomic mass is 9.94. The molecule has 5 rings (SSSR count). The van der Waals surface area contributed by atoms with Crippen molar-refractivity contribution in [1.29, 1.82) is 0 Å². The lowest BCUT2D eigenvalue weighted by molar-refractivity contribution is 0.0924. The molecule has 0 fully saturated rings. The third-order valence-electron chi connectivity index (χ3n) is 5.49. The summed E-state index contributed by atoms with van der Waals surface area (Å²) >= 11 is 6.19. The Morgan fingerprint density at radius 3 is 2.59 bits per heavy atom. The molecule has 2 aromatic carbocycles. The quantitative estimate of drug-likeness (QED) is 0.389. The van der Waals surface area contributed by atoms with E-state index in [4.69, 9.17) is 16.3 Å². The Balaban J connectivity index is 1.49. The molecule has 1 atom stereocenters. The highest BCUT2D eigenvalue weighted by Crippen LogP contribution is 2.42. The maximum Gasteiger partial charge on any atom is 0.253 e. The van der Waals surface area contributed by atoms with Gasteiger partial charge in [0.2, 0.25) is 0 Å². The fourth-order valence-corrected chi connectivity index (χ4v) is 3.97. The van der Waals surface area contributed by atoms with Crippen molar-refractivity contribution < 1.29 is 14.3 Å². The number of rotatable bonds is 5. The van der Waals surface area contributed by atoms with Crippen molar-refractivity contribution in [2.24, 2.45) is 0 Å². The average Bonchev–Trinajstić information content (AvgIpc) is 3.04. The number of amides is 1.